The molecule has 0 fully saturated rings. The molecule has 2 unspecified atom stereocenters. The van der Waals surface area contributed by atoms with Gasteiger partial charge in [-0.15, -0.1) is 0 Å². The van der Waals surface area contributed by atoms with E-state index in [1.54, 1.807) is 26.0 Å². The Labute approximate surface area is 119 Å². The number of benzene rings is 1. The van der Waals surface area contributed by atoms with E-state index in [2.05, 4.69) is 0 Å². The zero-order valence-electron chi connectivity index (χ0n) is 12.2. The zero-order valence-corrected chi connectivity index (χ0v) is 12.2. The minimum Gasteiger partial charge on any atom is -0.479 e. The van der Waals surface area contributed by atoms with E-state index in [9.17, 15) is 9.18 Å². The van der Waals surface area contributed by atoms with E-state index in [4.69, 9.17) is 15.2 Å². The molecule has 4 nitrogen and oxygen atoms in total. The summed E-state index contributed by atoms with van der Waals surface area (Å²) in [5.74, 6) is -0.555. The molecule has 0 saturated carbocycles. The molecule has 0 aromatic heterocycles. The van der Waals surface area contributed by atoms with E-state index < -0.39 is 17.9 Å². The predicted molar refractivity (Wildman–Crippen MR) is 75.0 cm³/mol. The maximum absolute atomic E-state index is 13.8. The molecular weight excluding hydrogens is 261 g/mol. The molecule has 5 heteroatoms. The van der Waals surface area contributed by atoms with E-state index in [0.717, 1.165) is 6.42 Å². The molecule has 0 aliphatic rings. The summed E-state index contributed by atoms with van der Waals surface area (Å²) in [6.07, 6.45) is 0.583. The van der Waals surface area contributed by atoms with Gasteiger partial charge in [-0.3, -0.25) is 0 Å². The van der Waals surface area contributed by atoms with Crippen molar-refractivity contribution in [2.45, 2.75) is 45.8 Å². The van der Waals surface area contributed by atoms with Crippen LogP contribution in [0, 0.1) is 5.82 Å². The van der Waals surface area contributed by atoms with Crippen LogP contribution in [0.15, 0.2) is 18.2 Å². The number of halogens is 1. The molecule has 0 spiro atoms. The van der Waals surface area contributed by atoms with Crippen LogP contribution in [0.4, 0.5) is 4.39 Å². The maximum atomic E-state index is 13.8. The monoisotopic (exact) mass is 283 g/mol. The molecule has 0 saturated heterocycles. The first-order chi connectivity index (χ1) is 9.49. The lowest BCUT2D eigenvalue weighted by Crippen LogP contribution is -2.29. The number of esters is 1. The highest BCUT2D eigenvalue weighted by atomic mass is 19.1. The van der Waals surface area contributed by atoms with E-state index in [1.807, 2.05) is 6.92 Å². The Morgan fingerprint density at radius 1 is 1.40 bits per heavy atom. The Bertz CT molecular complexity index is 449. The van der Waals surface area contributed by atoms with Crippen LogP contribution >= 0.6 is 0 Å². The standard InChI is InChI=1S/C15H22FNO3/c1-4-6-14(15(18)19-5-2)20-11-7-8-12(10(3)17)13(16)9-11/h7-10,14H,4-6,17H2,1-3H3. The minimum atomic E-state index is -0.708. The van der Waals surface area contributed by atoms with Crippen molar-refractivity contribution in [2.75, 3.05) is 6.61 Å². The first kappa shape index (κ1) is 16.4. The average molecular weight is 283 g/mol. The highest BCUT2D eigenvalue weighted by molar-refractivity contribution is 5.75. The van der Waals surface area contributed by atoms with Gasteiger partial charge >= 0.3 is 5.97 Å². The highest BCUT2D eigenvalue weighted by Gasteiger charge is 2.21. The van der Waals surface area contributed by atoms with Crippen LogP contribution in [0.5, 0.6) is 5.75 Å². The second kappa shape index (κ2) is 7.85. The van der Waals surface area contributed by atoms with Crippen LogP contribution in [0.25, 0.3) is 0 Å². The summed E-state index contributed by atoms with van der Waals surface area (Å²) in [5, 5.41) is 0. The van der Waals surface area contributed by atoms with E-state index in [-0.39, 0.29) is 6.04 Å². The summed E-state index contributed by atoms with van der Waals surface area (Å²) < 4.78 is 24.3. The van der Waals surface area contributed by atoms with Gasteiger partial charge in [0.2, 0.25) is 0 Å². The third-order valence-corrected chi connectivity index (χ3v) is 2.84. The fraction of sp³-hybridized carbons (Fsp3) is 0.533. The van der Waals surface area contributed by atoms with Crippen LogP contribution in [-0.4, -0.2) is 18.7 Å². The Balaban J connectivity index is 2.83. The maximum Gasteiger partial charge on any atom is 0.347 e. The van der Waals surface area contributed by atoms with Gasteiger partial charge in [-0.05, 0) is 26.3 Å². The van der Waals surface area contributed by atoms with Gasteiger partial charge in [0, 0.05) is 17.7 Å². The molecule has 1 aromatic carbocycles. The number of hydrogen-bond donors (Lipinski definition) is 1. The Morgan fingerprint density at radius 2 is 2.10 bits per heavy atom. The van der Waals surface area contributed by atoms with Crippen molar-refractivity contribution in [3.63, 3.8) is 0 Å². The smallest absolute Gasteiger partial charge is 0.347 e. The molecular formula is C15H22FNO3. The van der Waals surface area contributed by atoms with Crippen LogP contribution in [0.3, 0.4) is 0 Å². The van der Waals surface area contributed by atoms with Crippen LogP contribution in [0.1, 0.15) is 45.2 Å². The van der Waals surface area contributed by atoms with Gasteiger partial charge in [-0.1, -0.05) is 19.4 Å². The predicted octanol–water partition coefficient (Wildman–Crippen LogP) is 2.96. The van der Waals surface area contributed by atoms with Crippen molar-refractivity contribution in [1.82, 2.24) is 0 Å². The van der Waals surface area contributed by atoms with Gasteiger partial charge < -0.3 is 15.2 Å². The molecule has 0 heterocycles. The third kappa shape index (κ3) is 4.49. The lowest BCUT2D eigenvalue weighted by Gasteiger charge is -2.18. The molecule has 0 aliphatic heterocycles. The quantitative estimate of drug-likeness (QED) is 0.781. The number of carbonyl (C=O) groups excluding carboxylic acids is 1. The van der Waals surface area contributed by atoms with Crippen molar-refractivity contribution < 1.29 is 18.7 Å². The summed E-state index contributed by atoms with van der Waals surface area (Å²) in [7, 11) is 0. The Kier molecular flexibility index (Phi) is 6.45. The van der Waals surface area contributed by atoms with Crippen molar-refractivity contribution >= 4 is 5.97 Å². The zero-order chi connectivity index (χ0) is 15.1. The number of hydrogen-bond acceptors (Lipinski definition) is 4. The fourth-order valence-electron chi connectivity index (χ4n) is 1.84. The summed E-state index contributed by atoms with van der Waals surface area (Å²) in [6.45, 7) is 5.67. The molecule has 0 radical (unpaired) electrons. The molecule has 0 aliphatic carbocycles. The van der Waals surface area contributed by atoms with Crippen LogP contribution in [-0.2, 0) is 9.53 Å². The molecule has 112 valence electrons. The number of ether oxygens (including phenoxy) is 2. The number of rotatable bonds is 7. The topological polar surface area (TPSA) is 61.5 Å². The van der Waals surface area contributed by atoms with E-state index >= 15 is 0 Å². The van der Waals surface area contributed by atoms with Gasteiger partial charge in [-0.25, -0.2) is 9.18 Å². The second-order valence-electron chi connectivity index (χ2n) is 4.62. The van der Waals surface area contributed by atoms with Crippen molar-refractivity contribution in [3.05, 3.63) is 29.6 Å². The molecule has 0 bridgehead atoms. The van der Waals surface area contributed by atoms with Crippen LogP contribution < -0.4 is 10.5 Å². The lowest BCUT2D eigenvalue weighted by atomic mass is 10.1. The van der Waals surface area contributed by atoms with Gasteiger partial charge in [0.25, 0.3) is 0 Å². The van der Waals surface area contributed by atoms with Crippen molar-refractivity contribution in [1.29, 1.82) is 0 Å². The largest absolute Gasteiger partial charge is 0.479 e. The molecule has 20 heavy (non-hydrogen) atoms. The summed E-state index contributed by atoms with van der Waals surface area (Å²) in [5.41, 5.74) is 6.06. The van der Waals surface area contributed by atoms with Crippen molar-refractivity contribution in [2.24, 2.45) is 5.73 Å². The molecule has 1 rings (SSSR count). The fourth-order valence-corrected chi connectivity index (χ4v) is 1.84. The Morgan fingerprint density at radius 3 is 2.60 bits per heavy atom. The number of nitrogens with two attached hydrogens (primary N) is 1. The molecule has 2 N–H and O–H groups in total. The molecule has 1 aromatic rings. The van der Waals surface area contributed by atoms with Gasteiger partial charge in [0.05, 0.1) is 6.61 Å². The number of carbonyl (C=O) groups is 1. The SMILES string of the molecule is CCCC(Oc1ccc(C(C)N)c(F)c1)C(=O)OCC. The van der Waals surface area contributed by atoms with E-state index in [1.165, 1.54) is 6.07 Å². The van der Waals surface area contributed by atoms with Crippen LogP contribution in [0.2, 0.25) is 0 Å². The normalized spacial score (nSPS) is 13.7. The van der Waals surface area contributed by atoms with Gasteiger partial charge in [0.1, 0.15) is 11.6 Å². The second-order valence-corrected chi connectivity index (χ2v) is 4.62. The summed E-state index contributed by atoms with van der Waals surface area (Å²) in [6, 6.07) is 4.05. The lowest BCUT2D eigenvalue weighted by molar-refractivity contribution is -0.151. The van der Waals surface area contributed by atoms with Gasteiger partial charge in [0.15, 0.2) is 6.10 Å². The molecule has 2 atom stereocenters. The molecule has 0 amide bonds. The van der Waals surface area contributed by atoms with E-state index in [0.29, 0.717) is 24.3 Å². The van der Waals surface area contributed by atoms with Crippen molar-refractivity contribution in [3.8, 4) is 5.75 Å². The highest BCUT2D eigenvalue weighted by Crippen LogP contribution is 2.22. The van der Waals surface area contributed by atoms with Gasteiger partial charge in [-0.2, -0.15) is 0 Å². The summed E-state index contributed by atoms with van der Waals surface area (Å²) in [4.78, 5) is 11.7. The Hall–Kier alpha value is -1.62. The third-order valence-electron chi connectivity index (χ3n) is 2.84. The first-order valence-electron chi connectivity index (χ1n) is 6.87. The first-order valence-corrected chi connectivity index (χ1v) is 6.87. The average Bonchev–Trinajstić information content (AvgIpc) is 2.38. The minimum absolute atomic E-state index is 0.292. The summed E-state index contributed by atoms with van der Waals surface area (Å²) >= 11 is 0.